The minimum atomic E-state index is -0.974. The van der Waals surface area contributed by atoms with Gasteiger partial charge in [-0.1, -0.05) is 37.3 Å². The van der Waals surface area contributed by atoms with Gasteiger partial charge in [0.15, 0.2) is 5.78 Å². The van der Waals surface area contributed by atoms with Crippen LogP contribution in [-0.2, 0) is 4.79 Å². The van der Waals surface area contributed by atoms with Crippen molar-refractivity contribution in [3.05, 3.63) is 42.0 Å². The molecule has 2 aromatic rings. The Labute approximate surface area is 117 Å². The van der Waals surface area contributed by atoms with Crippen molar-refractivity contribution in [2.75, 3.05) is 7.11 Å². The maximum Gasteiger partial charge on any atom is 0.306 e. The fourth-order valence-electron chi connectivity index (χ4n) is 2.18. The van der Waals surface area contributed by atoms with Gasteiger partial charge < -0.3 is 9.84 Å². The van der Waals surface area contributed by atoms with Crippen LogP contribution in [0.25, 0.3) is 10.8 Å². The van der Waals surface area contributed by atoms with E-state index in [-0.39, 0.29) is 12.2 Å². The standard InChI is InChI=1S/C16H16O4/c1-10(16(18)19)9-13(17)15-12-6-4-3-5-11(12)7-8-14(15)20-2/h3-8,10H,9H2,1-2H3,(H,18,19). The molecule has 0 spiro atoms. The van der Waals surface area contributed by atoms with Crippen molar-refractivity contribution in [3.63, 3.8) is 0 Å². The summed E-state index contributed by atoms with van der Waals surface area (Å²) in [5, 5.41) is 10.7. The van der Waals surface area contributed by atoms with E-state index in [9.17, 15) is 9.59 Å². The Hall–Kier alpha value is -2.36. The summed E-state index contributed by atoms with van der Waals surface area (Å²) in [6.45, 7) is 1.53. The van der Waals surface area contributed by atoms with Gasteiger partial charge in [0.1, 0.15) is 5.75 Å². The molecule has 1 atom stereocenters. The molecular weight excluding hydrogens is 256 g/mol. The smallest absolute Gasteiger partial charge is 0.306 e. The minimum Gasteiger partial charge on any atom is -0.496 e. The molecule has 0 radical (unpaired) electrons. The Morgan fingerprint density at radius 1 is 1.20 bits per heavy atom. The number of fused-ring (bicyclic) bond motifs is 1. The Balaban J connectivity index is 2.50. The second-order valence-electron chi connectivity index (χ2n) is 4.73. The zero-order valence-electron chi connectivity index (χ0n) is 11.4. The van der Waals surface area contributed by atoms with E-state index in [0.29, 0.717) is 11.3 Å². The summed E-state index contributed by atoms with van der Waals surface area (Å²) in [5.41, 5.74) is 0.457. The van der Waals surface area contributed by atoms with Crippen LogP contribution >= 0.6 is 0 Å². The maximum absolute atomic E-state index is 12.4. The molecule has 1 N–H and O–H groups in total. The highest BCUT2D eigenvalue weighted by Gasteiger charge is 2.21. The van der Waals surface area contributed by atoms with Crippen LogP contribution in [0.1, 0.15) is 23.7 Å². The molecule has 0 saturated heterocycles. The van der Waals surface area contributed by atoms with E-state index in [1.165, 1.54) is 14.0 Å². The number of methoxy groups -OCH3 is 1. The summed E-state index contributed by atoms with van der Waals surface area (Å²) < 4.78 is 5.25. The number of carboxylic acid groups (broad SMARTS) is 1. The van der Waals surface area contributed by atoms with Crippen molar-refractivity contribution in [1.29, 1.82) is 0 Å². The number of ketones is 1. The first-order valence-electron chi connectivity index (χ1n) is 6.36. The number of benzene rings is 2. The first-order chi connectivity index (χ1) is 9.54. The summed E-state index contributed by atoms with van der Waals surface area (Å²) >= 11 is 0. The fourth-order valence-corrected chi connectivity index (χ4v) is 2.18. The lowest BCUT2D eigenvalue weighted by Gasteiger charge is -2.12. The highest BCUT2D eigenvalue weighted by Crippen LogP contribution is 2.29. The highest BCUT2D eigenvalue weighted by molar-refractivity contribution is 6.11. The first kappa shape index (κ1) is 14.1. The summed E-state index contributed by atoms with van der Waals surface area (Å²) in [7, 11) is 1.50. The third kappa shape index (κ3) is 2.64. The van der Waals surface area contributed by atoms with Gasteiger partial charge in [0.05, 0.1) is 18.6 Å². The van der Waals surface area contributed by atoms with Gasteiger partial charge in [-0.2, -0.15) is 0 Å². The Bertz CT molecular complexity index is 661. The van der Waals surface area contributed by atoms with E-state index in [4.69, 9.17) is 9.84 Å². The summed E-state index contributed by atoms with van der Waals surface area (Å²) in [4.78, 5) is 23.3. The molecule has 0 bridgehead atoms. The maximum atomic E-state index is 12.4. The normalized spacial score (nSPS) is 12.1. The van der Waals surface area contributed by atoms with E-state index in [2.05, 4.69) is 0 Å². The lowest BCUT2D eigenvalue weighted by Crippen LogP contribution is -2.15. The minimum absolute atomic E-state index is 0.0420. The molecule has 0 aliphatic heterocycles. The van der Waals surface area contributed by atoms with Gasteiger partial charge in [-0.3, -0.25) is 9.59 Å². The summed E-state index contributed by atoms with van der Waals surface area (Å²) in [6, 6.07) is 11.1. The quantitative estimate of drug-likeness (QED) is 0.849. The molecule has 0 aliphatic carbocycles. The number of rotatable bonds is 5. The lowest BCUT2D eigenvalue weighted by molar-refractivity contribution is -0.141. The molecule has 4 nitrogen and oxygen atoms in total. The number of ether oxygens (including phenoxy) is 1. The zero-order valence-corrected chi connectivity index (χ0v) is 11.4. The monoisotopic (exact) mass is 272 g/mol. The molecule has 2 aromatic carbocycles. The second-order valence-corrected chi connectivity index (χ2v) is 4.73. The van der Waals surface area contributed by atoms with Crippen molar-refractivity contribution in [2.45, 2.75) is 13.3 Å². The van der Waals surface area contributed by atoms with E-state index >= 15 is 0 Å². The second kappa shape index (κ2) is 5.74. The van der Waals surface area contributed by atoms with Crippen molar-refractivity contribution >= 4 is 22.5 Å². The SMILES string of the molecule is COc1ccc2ccccc2c1C(=O)CC(C)C(=O)O. The molecule has 0 heterocycles. The van der Waals surface area contributed by atoms with E-state index in [0.717, 1.165) is 10.8 Å². The van der Waals surface area contributed by atoms with Crippen LogP contribution in [-0.4, -0.2) is 24.0 Å². The molecule has 0 fully saturated rings. The molecule has 1 unspecified atom stereocenters. The molecule has 2 rings (SSSR count). The predicted molar refractivity (Wildman–Crippen MR) is 76.2 cm³/mol. The Kier molecular flexibility index (Phi) is 4.03. The van der Waals surface area contributed by atoms with E-state index in [1.54, 1.807) is 6.07 Å². The number of hydrogen-bond acceptors (Lipinski definition) is 3. The van der Waals surface area contributed by atoms with Gasteiger partial charge >= 0.3 is 5.97 Å². The molecule has 0 aliphatic rings. The number of carboxylic acids is 1. The van der Waals surface area contributed by atoms with Gasteiger partial charge in [-0.05, 0) is 16.8 Å². The van der Waals surface area contributed by atoms with Gasteiger partial charge in [0, 0.05) is 6.42 Å². The van der Waals surface area contributed by atoms with Crippen molar-refractivity contribution in [1.82, 2.24) is 0 Å². The van der Waals surface area contributed by atoms with Crippen molar-refractivity contribution in [3.8, 4) is 5.75 Å². The molecule has 4 heteroatoms. The summed E-state index contributed by atoms with van der Waals surface area (Å²) in [5.74, 6) is -1.43. The topological polar surface area (TPSA) is 63.6 Å². The van der Waals surface area contributed by atoms with Gasteiger partial charge in [-0.25, -0.2) is 0 Å². The van der Waals surface area contributed by atoms with Gasteiger partial charge in [0.25, 0.3) is 0 Å². The number of Topliss-reactive ketones (excluding diaryl/α,β-unsaturated/α-hetero) is 1. The van der Waals surface area contributed by atoms with Crippen LogP contribution in [0.2, 0.25) is 0 Å². The van der Waals surface area contributed by atoms with E-state index in [1.807, 2.05) is 30.3 Å². The van der Waals surface area contributed by atoms with Crippen molar-refractivity contribution in [2.24, 2.45) is 5.92 Å². The zero-order chi connectivity index (χ0) is 14.7. The average Bonchev–Trinajstić information content (AvgIpc) is 2.45. The Morgan fingerprint density at radius 3 is 2.55 bits per heavy atom. The molecular formula is C16H16O4. The molecule has 20 heavy (non-hydrogen) atoms. The van der Waals surface area contributed by atoms with Crippen LogP contribution in [0.15, 0.2) is 36.4 Å². The van der Waals surface area contributed by atoms with Crippen LogP contribution in [0, 0.1) is 5.92 Å². The number of carbonyl (C=O) groups is 2. The largest absolute Gasteiger partial charge is 0.496 e. The molecule has 0 aromatic heterocycles. The third-order valence-corrected chi connectivity index (χ3v) is 3.30. The molecule has 0 saturated carbocycles. The van der Waals surface area contributed by atoms with Gasteiger partial charge in [-0.15, -0.1) is 0 Å². The number of hydrogen-bond donors (Lipinski definition) is 1. The lowest BCUT2D eigenvalue weighted by atomic mass is 9.94. The fraction of sp³-hybridized carbons (Fsp3) is 0.250. The number of aliphatic carboxylic acids is 1. The van der Waals surface area contributed by atoms with E-state index < -0.39 is 11.9 Å². The van der Waals surface area contributed by atoms with Crippen LogP contribution in [0.4, 0.5) is 0 Å². The summed E-state index contributed by atoms with van der Waals surface area (Å²) in [6.07, 6.45) is -0.0420. The predicted octanol–water partition coefficient (Wildman–Crippen LogP) is 3.14. The van der Waals surface area contributed by atoms with Crippen LogP contribution in [0.5, 0.6) is 5.75 Å². The van der Waals surface area contributed by atoms with Crippen molar-refractivity contribution < 1.29 is 19.4 Å². The molecule has 0 amide bonds. The van der Waals surface area contributed by atoms with Crippen LogP contribution < -0.4 is 4.74 Å². The molecule has 104 valence electrons. The van der Waals surface area contributed by atoms with Gasteiger partial charge in [0.2, 0.25) is 0 Å². The van der Waals surface area contributed by atoms with Crippen LogP contribution in [0.3, 0.4) is 0 Å². The average molecular weight is 272 g/mol. The highest BCUT2D eigenvalue weighted by atomic mass is 16.5. The Morgan fingerprint density at radius 2 is 1.90 bits per heavy atom. The number of carbonyl (C=O) groups excluding carboxylic acids is 1. The third-order valence-electron chi connectivity index (χ3n) is 3.30. The first-order valence-corrected chi connectivity index (χ1v) is 6.36.